The molecule has 1 saturated carbocycles. The van der Waals surface area contributed by atoms with Crippen LogP contribution in [0.5, 0.6) is 0 Å². The van der Waals surface area contributed by atoms with E-state index in [4.69, 9.17) is 0 Å². The van der Waals surface area contributed by atoms with E-state index in [9.17, 15) is 8.78 Å². The maximum Gasteiger partial charge on any atom is 0.345 e. The van der Waals surface area contributed by atoms with Crippen LogP contribution in [0.2, 0.25) is 0 Å². The Bertz CT molecular complexity index is 1180. The molecule has 0 saturated heterocycles. The van der Waals surface area contributed by atoms with Crippen LogP contribution in [0, 0.1) is 6.92 Å². The van der Waals surface area contributed by atoms with Gasteiger partial charge in [0.1, 0.15) is 0 Å². The van der Waals surface area contributed by atoms with Gasteiger partial charge in [-0.3, -0.25) is 4.40 Å². The summed E-state index contributed by atoms with van der Waals surface area (Å²) in [7, 11) is 0. The standard InChI is InChI=1S/C20H21F2N7O/c1-12-8-24-20-25-9-13(11-28(12)20)16-6-7-29-17(16)10-23-19(27-29)26-14-2-4-15(5-3-14)30-18(21)22/h6-11,14-15,18H,2-5H2,1H3,(H,26,27)/t14-,15+. The Kier molecular flexibility index (Phi) is 4.78. The number of aryl methyl sites for hydroxylation is 1. The largest absolute Gasteiger partial charge is 0.350 e. The highest BCUT2D eigenvalue weighted by molar-refractivity contribution is 5.79. The van der Waals surface area contributed by atoms with Gasteiger partial charge in [-0.15, -0.1) is 5.10 Å². The molecule has 30 heavy (non-hydrogen) atoms. The molecule has 0 radical (unpaired) electrons. The number of halogens is 2. The second kappa shape index (κ2) is 7.60. The lowest BCUT2D eigenvalue weighted by atomic mass is 9.93. The zero-order chi connectivity index (χ0) is 20.7. The van der Waals surface area contributed by atoms with Crippen LogP contribution in [-0.2, 0) is 4.74 Å². The summed E-state index contributed by atoms with van der Waals surface area (Å²) in [5.74, 6) is 1.18. The van der Waals surface area contributed by atoms with E-state index in [0.717, 1.165) is 35.2 Å². The van der Waals surface area contributed by atoms with Gasteiger partial charge in [0.25, 0.3) is 0 Å². The topological polar surface area (TPSA) is 81.6 Å². The predicted molar refractivity (Wildman–Crippen MR) is 106 cm³/mol. The van der Waals surface area contributed by atoms with Crippen molar-refractivity contribution in [2.75, 3.05) is 5.32 Å². The molecule has 0 atom stereocenters. The third kappa shape index (κ3) is 3.58. The predicted octanol–water partition coefficient (Wildman–Crippen LogP) is 3.71. The lowest BCUT2D eigenvalue weighted by Gasteiger charge is -2.28. The van der Waals surface area contributed by atoms with E-state index < -0.39 is 6.61 Å². The van der Waals surface area contributed by atoms with Crippen molar-refractivity contribution in [1.29, 1.82) is 0 Å². The fourth-order valence-corrected chi connectivity index (χ4v) is 4.01. The smallest absolute Gasteiger partial charge is 0.345 e. The summed E-state index contributed by atoms with van der Waals surface area (Å²) in [5.41, 5.74) is 3.81. The first-order valence-corrected chi connectivity index (χ1v) is 9.91. The van der Waals surface area contributed by atoms with Crippen LogP contribution in [0.3, 0.4) is 0 Å². The second-order valence-electron chi connectivity index (χ2n) is 7.57. The molecule has 1 fully saturated rings. The monoisotopic (exact) mass is 413 g/mol. The Balaban J connectivity index is 1.33. The van der Waals surface area contributed by atoms with E-state index in [0.29, 0.717) is 24.6 Å². The molecule has 1 aliphatic carbocycles. The molecule has 1 aliphatic rings. The highest BCUT2D eigenvalue weighted by Crippen LogP contribution is 2.27. The quantitative estimate of drug-likeness (QED) is 0.537. The minimum atomic E-state index is -2.71. The summed E-state index contributed by atoms with van der Waals surface area (Å²) in [6, 6.07) is 2.13. The number of nitrogens with one attached hydrogen (secondary N) is 1. The first-order chi connectivity index (χ1) is 14.6. The molecule has 0 aromatic carbocycles. The number of rotatable bonds is 5. The molecule has 156 valence electrons. The maximum absolute atomic E-state index is 12.3. The van der Waals surface area contributed by atoms with Gasteiger partial charge < -0.3 is 10.1 Å². The van der Waals surface area contributed by atoms with E-state index >= 15 is 0 Å². The van der Waals surface area contributed by atoms with Gasteiger partial charge in [0.15, 0.2) is 0 Å². The van der Waals surface area contributed by atoms with E-state index in [1.807, 2.05) is 29.8 Å². The molecule has 0 bridgehead atoms. The van der Waals surface area contributed by atoms with Gasteiger partial charge >= 0.3 is 6.61 Å². The van der Waals surface area contributed by atoms with E-state index in [2.05, 4.69) is 30.1 Å². The second-order valence-corrected chi connectivity index (χ2v) is 7.57. The first kappa shape index (κ1) is 18.9. The van der Waals surface area contributed by atoms with Crippen molar-refractivity contribution in [1.82, 2.24) is 29.0 Å². The molecule has 10 heteroatoms. The summed E-state index contributed by atoms with van der Waals surface area (Å²) in [6.45, 7) is -0.723. The van der Waals surface area contributed by atoms with Crippen LogP contribution in [0.25, 0.3) is 22.4 Å². The number of aromatic nitrogens is 6. The van der Waals surface area contributed by atoms with Crippen LogP contribution in [0.4, 0.5) is 14.7 Å². The van der Waals surface area contributed by atoms with Gasteiger partial charge in [0.05, 0.1) is 24.0 Å². The number of nitrogens with zero attached hydrogens (tertiary/aromatic N) is 6. The normalized spacial score (nSPS) is 19.7. The third-order valence-electron chi connectivity index (χ3n) is 5.58. The zero-order valence-corrected chi connectivity index (χ0v) is 16.4. The summed E-state index contributed by atoms with van der Waals surface area (Å²) in [6.07, 6.45) is 11.6. The fourth-order valence-electron chi connectivity index (χ4n) is 4.01. The van der Waals surface area contributed by atoms with Gasteiger partial charge in [0, 0.05) is 41.5 Å². The molecule has 0 unspecified atom stereocenters. The van der Waals surface area contributed by atoms with Gasteiger partial charge in [-0.1, -0.05) is 0 Å². The highest BCUT2D eigenvalue weighted by Gasteiger charge is 2.24. The summed E-state index contributed by atoms with van der Waals surface area (Å²) in [4.78, 5) is 13.1. The SMILES string of the molecule is Cc1cnc2ncc(-c3ccn4nc(N[C@H]5CC[C@@H](OC(F)F)CC5)ncc34)cn12. The van der Waals surface area contributed by atoms with Crippen molar-refractivity contribution >= 4 is 17.2 Å². The summed E-state index contributed by atoms with van der Waals surface area (Å²) < 4.78 is 33.0. The number of fused-ring (bicyclic) bond motifs is 2. The first-order valence-electron chi connectivity index (χ1n) is 9.91. The van der Waals surface area contributed by atoms with Gasteiger partial charge in [-0.25, -0.2) is 19.5 Å². The fraction of sp³-hybridized carbons (Fsp3) is 0.400. The lowest BCUT2D eigenvalue weighted by Crippen LogP contribution is -2.31. The molecule has 8 nitrogen and oxygen atoms in total. The van der Waals surface area contributed by atoms with Crippen LogP contribution < -0.4 is 5.32 Å². The number of hydrogen-bond acceptors (Lipinski definition) is 6. The van der Waals surface area contributed by atoms with Crippen molar-refractivity contribution in [3.8, 4) is 11.1 Å². The third-order valence-corrected chi connectivity index (χ3v) is 5.58. The van der Waals surface area contributed by atoms with Gasteiger partial charge in [-0.2, -0.15) is 8.78 Å². The van der Waals surface area contributed by atoms with Gasteiger partial charge in [-0.05, 0) is 38.7 Å². The molecule has 0 aliphatic heterocycles. The molecular weight excluding hydrogens is 392 g/mol. The van der Waals surface area contributed by atoms with Gasteiger partial charge in [0.2, 0.25) is 11.7 Å². The Labute approximate surface area is 170 Å². The maximum atomic E-state index is 12.3. The summed E-state index contributed by atoms with van der Waals surface area (Å²) >= 11 is 0. The Morgan fingerprint density at radius 3 is 2.70 bits per heavy atom. The molecule has 4 heterocycles. The molecular formula is C20H21F2N7O. The number of ether oxygens (including phenoxy) is 1. The highest BCUT2D eigenvalue weighted by atomic mass is 19.3. The zero-order valence-electron chi connectivity index (χ0n) is 16.4. The minimum Gasteiger partial charge on any atom is -0.350 e. The summed E-state index contributed by atoms with van der Waals surface area (Å²) in [5, 5.41) is 7.87. The number of anilines is 1. The average molecular weight is 413 g/mol. The molecule has 5 rings (SSSR count). The van der Waals surface area contributed by atoms with Crippen molar-refractivity contribution in [2.24, 2.45) is 0 Å². The average Bonchev–Trinajstić information content (AvgIpc) is 3.32. The van der Waals surface area contributed by atoms with Crippen LogP contribution in [-0.4, -0.2) is 47.7 Å². The van der Waals surface area contributed by atoms with Crippen molar-refractivity contribution in [2.45, 2.75) is 51.4 Å². The van der Waals surface area contributed by atoms with E-state index in [-0.39, 0.29) is 12.1 Å². The number of hydrogen-bond donors (Lipinski definition) is 1. The Morgan fingerprint density at radius 1 is 1.10 bits per heavy atom. The van der Waals surface area contributed by atoms with Crippen LogP contribution in [0.15, 0.2) is 37.1 Å². The Morgan fingerprint density at radius 2 is 1.90 bits per heavy atom. The Hall–Kier alpha value is -3.14. The molecule has 4 aromatic rings. The van der Waals surface area contributed by atoms with Crippen molar-refractivity contribution < 1.29 is 13.5 Å². The number of alkyl halides is 2. The van der Waals surface area contributed by atoms with Crippen molar-refractivity contribution in [3.05, 3.63) is 42.7 Å². The van der Waals surface area contributed by atoms with E-state index in [1.54, 1.807) is 23.1 Å². The van der Waals surface area contributed by atoms with Crippen LogP contribution in [0.1, 0.15) is 31.4 Å². The van der Waals surface area contributed by atoms with E-state index in [1.165, 1.54) is 0 Å². The molecule has 0 spiro atoms. The van der Waals surface area contributed by atoms with Crippen molar-refractivity contribution in [3.63, 3.8) is 0 Å². The van der Waals surface area contributed by atoms with Crippen LogP contribution >= 0.6 is 0 Å². The number of imidazole rings is 1. The lowest BCUT2D eigenvalue weighted by molar-refractivity contribution is -0.169. The molecule has 1 N–H and O–H groups in total. The molecule has 0 amide bonds. The molecule has 4 aromatic heterocycles. The minimum absolute atomic E-state index is 0.144.